The SMILES string of the molecule is CC(=O)NCc1cccc(-c2ccc([C@@H]3O[C@H](CN4CCC5(CC4)C(=O)NCN5c4ccccc4)C[C@H](c4ccc(CO)cc4)O3)cc2)c1. The second-order valence-corrected chi connectivity index (χ2v) is 13.3. The molecule has 254 valence electrons. The van der Waals surface area contributed by atoms with Crippen LogP contribution in [0, 0.1) is 0 Å². The Kier molecular flexibility index (Phi) is 9.77. The smallest absolute Gasteiger partial charge is 0.247 e. The molecule has 7 rings (SSSR count). The van der Waals surface area contributed by atoms with E-state index in [0.717, 1.165) is 71.5 Å². The highest BCUT2D eigenvalue weighted by molar-refractivity contribution is 5.93. The minimum absolute atomic E-state index is 0.00115. The topological polar surface area (TPSA) is 103 Å². The third kappa shape index (κ3) is 7.26. The van der Waals surface area contributed by atoms with Crippen LogP contribution in [0.15, 0.2) is 103 Å². The van der Waals surface area contributed by atoms with Gasteiger partial charge in [-0.3, -0.25) is 9.59 Å². The van der Waals surface area contributed by atoms with Gasteiger partial charge in [-0.25, -0.2) is 0 Å². The normalized spacial score (nSPS) is 22.2. The number of benzene rings is 4. The summed E-state index contributed by atoms with van der Waals surface area (Å²) in [5.74, 6) is 0.0657. The quantitative estimate of drug-likeness (QED) is 0.219. The zero-order valence-electron chi connectivity index (χ0n) is 27.9. The Morgan fingerprint density at radius 2 is 1.61 bits per heavy atom. The van der Waals surface area contributed by atoms with Gasteiger partial charge in [0, 0.05) is 50.8 Å². The van der Waals surface area contributed by atoms with Gasteiger partial charge in [0.05, 0.1) is 25.5 Å². The monoisotopic (exact) mass is 660 g/mol. The number of hydrogen-bond donors (Lipinski definition) is 3. The summed E-state index contributed by atoms with van der Waals surface area (Å²) in [6.45, 7) is 4.89. The second kappa shape index (κ2) is 14.5. The number of aliphatic hydroxyl groups is 1. The van der Waals surface area contributed by atoms with Crippen LogP contribution in [0.2, 0.25) is 0 Å². The van der Waals surface area contributed by atoms with Crippen molar-refractivity contribution in [2.45, 2.75) is 63.4 Å². The molecule has 0 radical (unpaired) electrons. The molecule has 2 amide bonds. The van der Waals surface area contributed by atoms with Crippen LogP contribution in [-0.2, 0) is 32.2 Å². The predicted molar refractivity (Wildman–Crippen MR) is 188 cm³/mol. The Morgan fingerprint density at radius 3 is 2.33 bits per heavy atom. The average molecular weight is 661 g/mol. The lowest BCUT2D eigenvalue weighted by Gasteiger charge is -2.45. The molecule has 0 aliphatic carbocycles. The van der Waals surface area contributed by atoms with E-state index in [-0.39, 0.29) is 30.6 Å². The highest BCUT2D eigenvalue weighted by atomic mass is 16.7. The summed E-state index contributed by atoms with van der Waals surface area (Å²) in [6, 6.07) is 34.7. The number of anilines is 1. The Hall–Kier alpha value is -4.54. The van der Waals surface area contributed by atoms with E-state index < -0.39 is 11.8 Å². The molecule has 3 saturated heterocycles. The summed E-state index contributed by atoms with van der Waals surface area (Å²) in [6.07, 6.45) is 1.40. The lowest BCUT2D eigenvalue weighted by atomic mass is 9.85. The Balaban J connectivity index is 1.06. The van der Waals surface area contributed by atoms with Gasteiger partial charge in [0.15, 0.2) is 6.29 Å². The van der Waals surface area contributed by atoms with Gasteiger partial charge in [0.2, 0.25) is 11.8 Å². The molecule has 3 fully saturated rings. The molecular weight excluding hydrogens is 616 g/mol. The van der Waals surface area contributed by atoms with Crippen molar-refractivity contribution in [1.29, 1.82) is 0 Å². The highest BCUT2D eigenvalue weighted by Crippen LogP contribution is 2.40. The minimum Gasteiger partial charge on any atom is -0.392 e. The molecule has 3 heterocycles. The van der Waals surface area contributed by atoms with Crippen LogP contribution in [0.1, 0.15) is 60.8 Å². The summed E-state index contributed by atoms with van der Waals surface area (Å²) in [5, 5.41) is 15.6. The van der Waals surface area contributed by atoms with Crippen LogP contribution >= 0.6 is 0 Å². The van der Waals surface area contributed by atoms with Gasteiger partial charge in [-0.05, 0) is 58.9 Å². The molecule has 9 nitrogen and oxygen atoms in total. The van der Waals surface area contributed by atoms with Gasteiger partial charge in [-0.15, -0.1) is 0 Å². The first-order valence-electron chi connectivity index (χ1n) is 17.2. The minimum atomic E-state index is -0.549. The molecular formula is C40H44N4O5. The van der Waals surface area contributed by atoms with Crippen molar-refractivity contribution >= 4 is 17.5 Å². The first-order chi connectivity index (χ1) is 23.9. The maximum absolute atomic E-state index is 13.2. The molecule has 3 N–H and O–H groups in total. The van der Waals surface area contributed by atoms with E-state index in [9.17, 15) is 14.7 Å². The van der Waals surface area contributed by atoms with Gasteiger partial charge in [0.25, 0.3) is 0 Å². The number of nitrogens with one attached hydrogen (secondary N) is 2. The second-order valence-electron chi connectivity index (χ2n) is 13.3. The van der Waals surface area contributed by atoms with Crippen molar-refractivity contribution in [3.8, 4) is 11.1 Å². The number of piperidine rings is 1. The fourth-order valence-corrected chi connectivity index (χ4v) is 7.38. The molecule has 3 aliphatic heterocycles. The van der Waals surface area contributed by atoms with Crippen molar-refractivity contribution in [3.05, 3.63) is 125 Å². The number of carbonyl (C=O) groups is 2. The number of nitrogens with zero attached hydrogens (tertiary/aromatic N) is 2. The van der Waals surface area contributed by atoms with Gasteiger partial charge < -0.3 is 35.0 Å². The first-order valence-corrected chi connectivity index (χ1v) is 17.2. The molecule has 9 heteroatoms. The van der Waals surface area contributed by atoms with Crippen LogP contribution in [0.5, 0.6) is 0 Å². The number of likely N-dealkylation sites (tertiary alicyclic amines) is 1. The molecule has 0 aromatic heterocycles. The number of rotatable bonds is 9. The Bertz CT molecular complexity index is 1740. The third-order valence-corrected chi connectivity index (χ3v) is 10.1. The van der Waals surface area contributed by atoms with Crippen molar-refractivity contribution in [1.82, 2.24) is 15.5 Å². The van der Waals surface area contributed by atoms with Gasteiger partial charge in [0.1, 0.15) is 5.54 Å². The lowest BCUT2D eigenvalue weighted by Crippen LogP contribution is -2.57. The van der Waals surface area contributed by atoms with E-state index in [1.807, 2.05) is 54.6 Å². The fourth-order valence-electron chi connectivity index (χ4n) is 7.38. The van der Waals surface area contributed by atoms with Crippen LogP contribution in [-0.4, -0.2) is 59.8 Å². The largest absolute Gasteiger partial charge is 0.392 e. The maximum atomic E-state index is 13.2. The van der Waals surface area contributed by atoms with E-state index in [2.05, 4.69) is 69.0 Å². The predicted octanol–water partition coefficient (Wildman–Crippen LogP) is 5.46. The molecule has 4 aromatic rings. The molecule has 3 aliphatic rings. The van der Waals surface area contributed by atoms with Crippen molar-refractivity contribution in [2.75, 3.05) is 31.2 Å². The summed E-state index contributed by atoms with van der Waals surface area (Å²) in [7, 11) is 0. The third-order valence-electron chi connectivity index (χ3n) is 10.1. The van der Waals surface area contributed by atoms with Crippen LogP contribution in [0.4, 0.5) is 5.69 Å². The van der Waals surface area contributed by atoms with E-state index in [4.69, 9.17) is 9.47 Å². The number of hydrogen-bond acceptors (Lipinski definition) is 7. The lowest BCUT2D eigenvalue weighted by molar-refractivity contribution is -0.253. The van der Waals surface area contributed by atoms with Crippen molar-refractivity contribution in [3.63, 3.8) is 0 Å². The maximum Gasteiger partial charge on any atom is 0.247 e. The standard InChI is InChI=1S/C40H44N4O5/c1-28(46)41-24-30-6-5-7-34(22-30)31-14-16-33(17-15-31)38-48-36(23-37(49-38)32-12-10-29(26-45)11-13-32)25-43-20-18-40(19-21-43)39(47)42-27-44(40)35-8-3-2-4-9-35/h2-17,22,36-38,45H,18-21,23-27H2,1H3,(H,41,46)(H,42,47)/t36-,37+,38+/m0/s1. The molecule has 49 heavy (non-hydrogen) atoms. The summed E-state index contributed by atoms with van der Waals surface area (Å²) in [5.41, 5.74) is 6.59. The van der Waals surface area contributed by atoms with Gasteiger partial charge in [-0.2, -0.15) is 0 Å². The van der Waals surface area contributed by atoms with Crippen molar-refractivity contribution in [2.24, 2.45) is 0 Å². The molecule has 4 aromatic carbocycles. The molecule has 0 saturated carbocycles. The van der Waals surface area contributed by atoms with Gasteiger partial charge >= 0.3 is 0 Å². The number of para-hydroxylation sites is 1. The van der Waals surface area contributed by atoms with Crippen molar-refractivity contribution < 1.29 is 24.2 Å². The summed E-state index contributed by atoms with van der Waals surface area (Å²) in [4.78, 5) is 29.3. The van der Waals surface area contributed by atoms with E-state index >= 15 is 0 Å². The molecule has 1 spiro atoms. The van der Waals surface area contributed by atoms with E-state index in [0.29, 0.717) is 19.6 Å². The number of carbonyl (C=O) groups excluding carboxylic acids is 2. The highest BCUT2D eigenvalue weighted by Gasteiger charge is 2.50. The number of aliphatic hydroxyl groups excluding tert-OH is 1. The molecule has 3 atom stereocenters. The van der Waals surface area contributed by atoms with Crippen LogP contribution in [0.25, 0.3) is 11.1 Å². The Labute approximate surface area is 287 Å². The van der Waals surface area contributed by atoms with E-state index in [1.165, 1.54) is 6.92 Å². The molecule has 0 bridgehead atoms. The Morgan fingerprint density at radius 1 is 0.878 bits per heavy atom. The fraction of sp³-hybridized carbons (Fsp3) is 0.350. The summed E-state index contributed by atoms with van der Waals surface area (Å²) >= 11 is 0. The zero-order chi connectivity index (χ0) is 33.8. The van der Waals surface area contributed by atoms with Crippen LogP contribution in [0.3, 0.4) is 0 Å². The first kappa shape index (κ1) is 33.0. The summed E-state index contributed by atoms with van der Waals surface area (Å²) < 4.78 is 13.3. The average Bonchev–Trinajstić information content (AvgIpc) is 3.46. The van der Waals surface area contributed by atoms with Crippen LogP contribution < -0.4 is 15.5 Å². The van der Waals surface area contributed by atoms with Gasteiger partial charge in [-0.1, -0.05) is 84.9 Å². The zero-order valence-corrected chi connectivity index (χ0v) is 27.9. The molecule has 0 unspecified atom stereocenters. The van der Waals surface area contributed by atoms with E-state index in [1.54, 1.807) is 0 Å². The number of amides is 2. The number of ether oxygens (including phenoxy) is 2.